The molecular formula is C22H29FN4O2+2. The maximum Gasteiger partial charge on any atom is 0.279 e. The molecule has 2 aromatic rings. The number of carbonyl (C=O) groups is 2. The van der Waals surface area contributed by atoms with Gasteiger partial charge in [-0.15, -0.1) is 0 Å². The van der Waals surface area contributed by atoms with Gasteiger partial charge in [0.15, 0.2) is 13.1 Å². The van der Waals surface area contributed by atoms with Gasteiger partial charge in [0.1, 0.15) is 32.0 Å². The lowest BCUT2D eigenvalue weighted by Crippen LogP contribution is -3.28. The lowest BCUT2D eigenvalue weighted by Gasteiger charge is -2.29. The van der Waals surface area contributed by atoms with Crippen molar-refractivity contribution in [2.24, 2.45) is 0 Å². The summed E-state index contributed by atoms with van der Waals surface area (Å²) >= 11 is 0. The molecule has 0 radical (unpaired) electrons. The van der Waals surface area contributed by atoms with Gasteiger partial charge < -0.3 is 20.4 Å². The maximum atomic E-state index is 13.6. The molecule has 29 heavy (non-hydrogen) atoms. The Labute approximate surface area is 170 Å². The smallest absolute Gasteiger partial charge is 0.279 e. The quantitative estimate of drug-likeness (QED) is 0.518. The van der Waals surface area contributed by atoms with Crippen molar-refractivity contribution in [2.75, 3.05) is 49.9 Å². The van der Waals surface area contributed by atoms with E-state index in [2.05, 4.69) is 17.6 Å². The Balaban J connectivity index is 1.41. The van der Waals surface area contributed by atoms with Crippen molar-refractivity contribution in [3.63, 3.8) is 0 Å². The third kappa shape index (κ3) is 6.10. The number of hydrogen-bond acceptors (Lipinski definition) is 2. The van der Waals surface area contributed by atoms with Crippen LogP contribution in [0.2, 0.25) is 0 Å². The second-order valence-electron chi connectivity index (χ2n) is 7.44. The minimum atomic E-state index is -0.430. The normalized spacial score (nSPS) is 18.8. The maximum absolute atomic E-state index is 13.6. The van der Waals surface area contributed by atoms with Gasteiger partial charge in [-0.25, -0.2) is 4.39 Å². The van der Waals surface area contributed by atoms with Crippen LogP contribution in [-0.4, -0.2) is 51.1 Å². The van der Waals surface area contributed by atoms with E-state index in [1.807, 2.05) is 24.3 Å². The van der Waals surface area contributed by atoms with Crippen LogP contribution >= 0.6 is 0 Å². The van der Waals surface area contributed by atoms with E-state index in [1.165, 1.54) is 11.0 Å². The van der Waals surface area contributed by atoms with Crippen LogP contribution in [0.4, 0.5) is 15.8 Å². The SMILES string of the molecule is CCc1ccccc1NC(=O)C[NH+]1CC[NH+](CC(=O)Nc2ccccc2F)CC1. The van der Waals surface area contributed by atoms with Crippen LogP contribution in [0.15, 0.2) is 48.5 Å². The van der Waals surface area contributed by atoms with Crippen LogP contribution in [0.5, 0.6) is 0 Å². The highest BCUT2D eigenvalue weighted by atomic mass is 19.1. The van der Waals surface area contributed by atoms with Crippen LogP contribution < -0.4 is 20.4 Å². The molecule has 0 unspecified atom stereocenters. The second kappa shape index (κ2) is 10.1. The van der Waals surface area contributed by atoms with E-state index in [9.17, 15) is 14.0 Å². The fourth-order valence-electron chi connectivity index (χ4n) is 3.67. The molecule has 0 aliphatic carbocycles. The van der Waals surface area contributed by atoms with E-state index >= 15 is 0 Å². The molecule has 1 saturated heterocycles. The summed E-state index contributed by atoms with van der Waals surface area (Å²) in [4.78, 5) is 27.0. The summed E-state index contributed by atoms with van der Waals surface area (Å²) in [5.74, 6) is -0.607. The molecular weight excluding hydrogens is 371 g/mol. The monoisotopic (exact) mass is 400 g/mol. The molecule has 6 nitrogen and oxygen atoms in total. The highest BCUT2D eigenvalue weighted by Crippen LogP contribution is 2.15. The standard InChI is InChI=1S/C22H27FN4O2/c1-2-17-7-3-5-9-19(17)24-21(28)15-26-11-13-27(14-12-26)16-22(29)25-20-10-6-4-8-18(20)23/h3-10H,2,11-16H2,1H3,(H,24,28)(H,25,29)/p+2. The first-order valence-corrected chi connectivity index (χ1v) is 10.1. The third-order valence-electron chi connectivity index (χ3n) is 5.31. The Hall–Kier alpha value is -2.77. The van der Waals surface area contributed by atoms with E-state index in [1.54, 1.807) is 18.2 Å². The number of para-hydroxylation sites is 2. The van der Waals surface area contributed by atoms with Crippen molar-refractivity contribution in [2.45, 2.75) is 13.3 Å². The molecule has 0 atom stereocenters. The number of halogens is 1. The number of quaternary nitrogens is 2. The van der Waals surface area contributed by atoms with E-state index in [0.29, 0.717) is 13.1 Å². The van der Waals surface area contributed by atoms with E-state index < -0.39 is 5.82 Å². The Morgan fingerprint density at radius 3 is 1.86 bits per heavy atom. The van der Waals surface area contributed by atoms with Gasteiger partial charge in [-0.05, 0) is 30.2 Å². The Bertz CT molecular complexity index is 850. The Morgan fingerprint density at radius 1 is 0.828 bits per heavy atom. The number of anilines is 2. The second-order valence-corrected chi connectivity index (χ2v) is 7.44. The lowest BCUT2D eigenvalue weighted by atomic mass is 10.1. The lowest BCUT2D eigenvalue weighted by molar-refractivity contribution is -1.00. The van der Waals surface area contributed by atoms with Gasteiger partial charge in [0, 0.05) is 5.69 Å². The Morgan fingerprint density at radius 2 is 1.31 bits per heavy atom. The fraction of sp³-hybridized carbons (Fsp3) is 0.364. The van der Waals surface area contributed by atoms with Crippen LogP contribution in [0, 0.1) is 5.82 Å². The van der Waals surface area contributed by atoms with Crippen LogP contribution in [-0.2, 0) is 16.0 Å². The van der Waals surface area contributed by atoms with Crippen molar-refractivity contribution in [1.29, 1.82) is 0 Å². The predicted molar refractivity (Wildman–Crippen MR) is 111 cm³/mol. The molecule has 7 heteroatoms. The first kappa shape index (κ1) is 21.0. The Kier molecular flexibility index (Phi) is 7.32. The van der Waals surface area contributed by atoms with E-state index in [4.69, 9.17) is 0 Å². The van der Waals surface area contributed by atoms with Crippen molar-refractivity contribution in [3.8, 4) is 0 Å². The van der Waals surface area contributed by atoms with E-state index in [0.717, 1.165) is 48.8 Å². The largest absolute Gasteiger partial charge is 0.321 e. The molecule has 1 fully saturated rings. The van der Waals surface area contributed by atoms with E-state index in [-0.39, 0.29) is 17.5 Å². The molecule has 0 bridgehead atoms. The highest BCUT2D eigenvalue weighted by molar-refractivity contribution is 5.92. The van der Waals surface area contributed by atoms with Gasteiger partial charge >= 0.3 is 0 Å². The molecule has 3 rings (SSSR count). The molecule has 0 saturated carbocycles. The number of piperazine rings is 1. The summed E-state index contributed by atoms with van der Waals surface area (Å²) in [7, 11) is 0. The summed E-state index contributed by atoms with van der Waals surface area (Å²) < 4.78 is 13.6. The molecule has 154 valence electrons. The molecule has 2 aromatic carbocycles. The minimum absolute atomic E-state index is 0.0154. The number of nitrogens with one attached hydrogen (secondary N) is 4. The van der Waals surface area contributed by atoms with Crippen LogP contribution in [0.1, 0.15) is 12.5 Å². The number of aryl methyl sites for hydroxylation is 1. The molecule has 1 aliphatic rings. The topological polar surface area (TPSA) is 67.1 Å². The van der Waals surface area contributed by atoms with Crippen molar-refractivity contribution in [3.05, 3.63) is 59.9 Å². The first-order valence-electron chi connectivity index (χ1n) is 10.1. The number of benzene rings is 2. The zero-order valence-electron chi connectivity index (χ0n) is 16.8. The van der Waals surface area contributed by atoms with Gasteiger partial charge in [-0.1, -0.05) is 37.3 Å². The summed E-state index contributed by atoms with van der Waals surface area (Å²) in [5.41, 5.74) is 2.23. The van der Waals surface area contributed by atoms with Crippen LogP contribution in [0.25, 0.3) is 0 Å². The third-order valence-corrected chi connectivity index (χ3v) is 5.31. The van der Waals surface area contributed by atoms with Crippen molar-refractivity contribution in [1.82, 2.24) is 0 Å². The molecule has 2 amide bonds. The molecule has 1 heterocycles. The molecule has 0 spiro atoms. The van der Waals surface area contributed by atoms with Gasteiger partial charge in [-0.3, -0.25) is 9.59 Å². The summed E-state index contributed by atoms with van der Waals surface area (Å²) in [5, 5.41) is 5.65. The molecule has 1 aliphatic heterocycles. The number of amides is 2. The molecule has 4 N–H and O–H groups in total. The predicted octanol–water partition coefficient (Wildman–Crippen LogP) is -0.251. The summed E-state index contributed by atoms with van der Waals surface area (Å²) in [6, 6.07) is 14.0. The van der Waals surface area contributed by atoms with Crippen LogP contribution in [0.3, 0.4) is 0 Å². The zero-order chi connectivity index (χ0) is 20.6. The molecule has 0 aromatic heterocycles. The number of hydrogen-bond donors (Lipinski definition) is 4. The average Bonchev–Trinajstić information content (AvgIpc) is 2.71. The number of carbonyl (C=O) groups excluding carboxylic acids is 2. The average molecular weight is 400 g/mol. The van der Waals surface area contributed by atoms with Gasteiger partial charge in [0.2, 0.25) is 0 Å². The van der Waals surface area contributed by atoms with Gasteiger partial charge in [0.05, 0.1) is 5.69 Å². The first-order chi connectivity index (χ1) is 14.0. The van der Waals surface area contributed by atoms with Crippen molar-refractivity contribution < 1.29 is 23.8 Å². The number of rotatable bonds is 7. The van der Waals surface area contributed by atoms with Gasteiger partial charge in [0.25, 0.3) is 11.8 Å². The fourth-order valence-corrected chi connectivity index (χ4v) is 3.67. The summed E-state index contributed by atoms with van der Waals surface area (Å²) in [6.07, 6.45) is 0.875. The zero-order valence-corrected chi connectivity index (χ0v) is 16.8. The van der Waals surface area contributed by atoms with Crippen molar-refractivity contribution >= 4 is 23.2 Å². The minimum Gasteiger partial charge on any atom is -0.321 e. The summed E-state index contributed by atoms with van der Waals surface area (Å²) in [6.45, 7) is 6.05. The highest BCUT2D eigenvalue weighted by Gasteiger charge is 2.26. The van der Waals surface area contributed by atoms with Gasteiger partial charge in [-0.2, -0.15) is 0 Å².